The Labute approximate surface area is 97.0 Å². The van der Waals surface area contributed by atoms with Crippen LogP contribution in [0.2, 0.25) is 10.2 Å². The molecule has 0 aromatic carbocycles. The van der Waals surface area contributed by atoms with E-state index in [1.807, 2.05) is 22.7 Å². The highest BCUT2D eigenvalue weighted by molar-refractivity contribution is 6.39. The molecule has 1 saturated heterocycles. The Hall–Kier alpha value is -0.770. The molecule has 0 aliphatic carbocycles. The Balaban J connectivity index is 2.27. The van der Waals surface area contributed by atoms with E-state index in [2.05, 4.69) is 10.3 Å². The smallest absolute Gasteiger partial charge is 0.156 e. The van der Waals surface area contributed by atoms with Crippen molar-refractivity contribution in [2.24, 2.45) is 0 Å². The molecule has 0 spiro atoms. The first kappa shape index (κ1) is 9.46. The molecule has 0 bridgehead atoms. The van der Waals surface area contributed by atoms with Crippen molar-refractivity contribution in [3.05, 3.63) is 34.3 Å². The van der Waals surface area contributed by atoms with Gasteiger partial charge in [-0.2, -0.15) is 0 Å². The third-order valence-electron chi connectivity index (χ3n) is 2.75. The number of pyridine rings is 1. The standard InChI is InChI=1S/C10H9Cl2N3/c11-7-2-1-3-15-8(7)9(12)14-10(15)6-4-13-5-6/h1-3,6,13H,4-5H2. The van der Waals surface area contributed by atoms with Crippen molar-refractivity contribution >= 4 is 28.7 Å². The summed E-state index contributed by atoms with van der Waals surface area (Å²) in [6.45, 7) is 1.92. The number of fused-ring (bicyclic) bond motifs is 1. The van der Waals surface area contributed by atoms with E-state index in [1.54, 1.807) is 0 Å². The number of hydrogen-bond donors (Lipinski definition) is 1. The van der Waals surface area contributed by atoms with Gasteiger partial charge in [0.1, 0.15) is 11.3 Å². The van der Waals surface area contributed by atoms with Crippen molar-refractivity contribution in [1.29, 1.82) is 0 Å². The number of aromatic nitrogens is 2. The molecule has 1 aliphatic heterocycles. The van der Waals surface area contributed by atoms with Crippen LogP contribution >= 0.6 is 23.2 Å². The lowest BCUT2D eigenvalue weighted by Gasteiger charge is -2.25. The molecule has 1 fully saturated rings. The zero-order chi connectivity index (χ0) is 10.4. The predicted molar refractivity (Wildman–Crippen MR) is 60.8 cm³/mol. The van der Waals surface area contributed by atoms with E-state index in [0.29, 0.717) is 16.1 Å². The van der Waals surface area contributed by atoms with Crippen LogP contribution in [0, 0.1) is 0 Å². The van der Waals surface area contributed by atoms with Gasteiger partial charge in [-0.05, 0) is 12.1 Å². The van der Waals surface area contributed by atoms with E-state index >= 15 is 0 Å². The van der Waals surface area contributed by atoms with Crippen LogP contribution < -0.4 is 5.32 Å². The fourth-order valence-corrected chi connectivity index (χ4v) is 2.42. The minimum atomic E-state index is 0.448. The van der Waals surface area contributed by atoms with Gasteiger partial charge in [0.25, 0.3) is 0 Å². The molecule has 3 nitrogen and oxygen atoms in total. The highest BCUT2D eigenvalue weighted by Gasteiger charge is 2.25. The lowest BCUT2D eigenvalue weighted by Crippen LogP contribution is -2.40. The maximum Gasteiger partial charge on any atom is 0.156 e. The highest BCUT2D eigenvalue weighted by Crippen LogP contribution is 2.29. The molecule has 2 aromatic rings. The van der Waals surface area contributed by atoms with Gasteiger partial charge in [0, 0.05) is 25.2 Å². The summed E-state index contributed by atoms with van der Waals surface area (Å²) < 4.78 is 1.98. The van der Waals surface area contributed by atoms with Gasteiger partial charge < -0.3 is 9.72 Å². The van der Waals surface area contributed by atoms with Crippen LogP contribution in [-0.4, -0.2) is 22.5 Å². The third kappa shape index (κ3) is 1.34. The summed E-state index contributed by atoms with van der Waals surface area (Å²) in [4.78, 5) is 4.38. The van der Waals surface area contributed by atoms with Gasteiger partial charge in [0.2, 0.25) is 0 Å². The van der Waals surface area contributed by atoms with Gasteiger partial charge >= 0.3 is 0 Å². The second-order valence-corrected chi connectivity index (χ2v) is 4.46. The molecule has 1 N–H and O–H groups in total. The van der Waals surface area contributed by atoms with E-state index in [9.17, 15) is 0 Å². The Kier molecular flexibility index (Phi) is 2.12. The molecular formula is C10H9Cl2N3. The van der Waals surface area contributed by atoms with Crippen molar-refractivity contribution in [2.75, 3.05) is 13.1 Å². The van der Waals surface area contributed by atoms with Gasteiger partial charge in [-0.1, -0.05) is 23.2 Å². The van der Waals surface area contributed by atoms with Crippen molar-refractivity contribution in [2.45, 2.75) is 5.92 Å². The third-order valence-corrected chi connectivity index (χ3v) is 3.31. The molecular weight excluding hydrogens is 233 g/mol. The van der Waals surface area contributed by atoms with Crippen molar-refractivity contribution in [3.63, 3.8) is 0 Å². The first-order chi connectivity index (χ1) is 7.27. The molecule has 0 atom stereocenters. The molecule has 1 aliphatic rings. The van der Waals surface area contributed by atoms with E-state index in [0.717, 1.165) is 24.4 Å². The second-order valence-electron chi connectivity index (χ2n) is 3.69. The SMILES string of the molecule is Clc1cccn2c(C3CNC3)nc(Cl)c12. The van der Waals surface area contributed by atoms with Crippen LogP contribution in [0.5, 0.6) is 0 Å². The van der Waals surface area contributed by atoms with Gasteiger partial charge in [-0.25, -0.2) is 4.98 Å². The summed E-state index contributed by atoms with van der Waals surface area (Å²) >= 11 is 12.2. The summed E-state index contributed by atoms with van der Waals surface area (Å²) in [6.07, 6.45) is 1.95. The summed E-state index contributed by atoms with van der Waals surface area (Å²) in [6, 6.07) is 3.73. The van der Waals surface area contributed by atoms with Crippen LogP contribution in [0.3, 0.4) is 0 Å². The van der Waals surface area contributed by atoms with Gasteiger partial charge in [-0.15, -0.1) is 0 Å². The molecule has 0 radical (unpaired) electrons. The number of nitrogens with zero attached hydrogens (tertiary/aromatic N) is 2. The number of halogens is 2. The summed E-state index contributed by atoms with van der Waals surface area (Å²) in [7, 11) is 0. The predicted octanol–water partition coefficient (Wildman–Crippen LogP) is 2.33. The lowest BCUT2D eigenvalue weighted by molar-refractivity contribution is 0.429. The van der Waals surface area contributed by atoms with Crippen molar-refractivity contribution in [1.82, 2.24) is 14.7 Å². The fourth-order valence-electron chi connectivity index (χ4n) is 1.84. The van der Waals surface area contributed by atoms with Crippen LogP contribution in [0.4, 0.5) is 0 Å². The Morgan fingerprint density at radius 2 is 2.20 bits per heavy atom. The van der Waals surface area contributed by atoms with Gasteiger partial charge in [0.05, 0.1) is 5.02 Å². The monoisotopic (exact) mass is 241 g/mol. The average Bonchev–Trinajstić information content (AvgIpc) is 2.43. The molecule has 5 heteroatoms. The molecule has 15 heavy (non-hydrogen) atoms. The largest absolute Gasteiger partial charge is 0.315 e. The summed E-state index contributed by atoms with van der Waals surface area (Å²) in [5, 5.41) is 4.35. The van der Waals surface area contributed by atoms with Crippen LogP contribution in [-0.2, 0) is 0 Å². The minimum absolute atomic E-state index is 0.448. The molecule has 0 amide bonds. The lowest BCUT2D eigenvalue weighted by atomic mass is 10.0. The number of rotatable bonds is 1. The maximum atomic E-state index is 6.08. The molecule has 2 aromatic heterocycles. The molecule has 0 unspecified atom stereocenters. The molecule has 0 saturated carbocycles. The van der Waals surface area contributed by atoms with Crippen LogP contribution in [0.25, 0.3) is 5.52 Å². The van der Waals surface area contributed by atoms with E-state index in [1.165, 1.54) is 0 Å². The Morgan fingerprint density at radius 1 is 1.40 bits per heavy atom. The minimum Gasteiger partial charge on any atom is -0.315 e. The maximum absolute atomic E-state index is 6.08. The Morgan fingerprint density at radius 3 is 2.87 bits per heavy atom. The molecule has 78 valence electrons. The Bertz CT molecular complexity index is 517. The number of hydrogen-bond acceptors (Lipinski definition) is 2. The van der Waals surface area contributed by atoms with E-state index in [4.69, 9.17) is 23.2 Å². The zero-order valence-electron chi connectivity index (χ0n) is 7.87. The zero-order valence-corrected chi connectivity index (χ0v) is 9.39. The quantitative estimate of drug-likeness (QED) is 0.831. The van der Waals surface area contributed by atoms with Crippen molar-refractivity contribution in [3.8, 4) is 0 Å². The fraction of sp³-hybridized carbons (Fsp3) is 0.300. The normalized spacial score (nSPS) is 16.9. The second kappa shape index (κ2) is 3.37. The number of nitrogens with one attached hydrogen (secondary N) is 1. The first-order valence-corrected chi connectivity index (χ1v) is 5.55. The first-order valence-electron chi connectivity index (χ1n) is 4.80. The summed E-state index contributed by atoms with van der Waals surface area (Å²) in [5.74, 6) is 1.44. The van der Waals surface area contributed by atoms with Gasteiger partial charge in [-0.3, -0.25) is 0 Å². The van der Waals surface area contributed by atoms with E-state index < -0.39 is 0 Å². The van der Waals surface area contributed by atoms with Crippen molar-refractivity contribution < 1.29 is 0 Å². The van der Waals surface area contributed by atoms with Crippen LogP contribution in [0.15, 0.2) is 18.3 Å². The van der Waals surface area contributed by atoms with Crippen LogP contribution in [0.1, 0.15) is 11.7 Å². The molecule has 3 rings (SSSR count). The van der Waals surface area contributed by atoms with E-state index in [-0.39, 0.29) is 0 Å². The topological polar surface area (TPSA) is 29.3 Å². The molecule has 3 heterocycles. The number of imidazole rings is 1. The summed E-state index contributed by atoms with van der Waals surface area (Å²) in [5.41, 5.74) is 0.808. The average molecular weight is 242 g/mol. The van der Waals surface area contributed by atoms with Gasteiger partial charge in [0.15, 0.2) is 5.15 Å². The highest BCUT2D eigenvalue weighted by atomic mass is 35.5.